The Hall–Kier alpha value is -3.32. The van der Waals surface area contributed by atoms with Gasteiger partial charge >= 0.3 is 0 Å². The average molecular weight is 520 g/mol. The summed E-state index contributed by atoms with van der Waals surface area (Å²) < 4.78 is 7.81. The number of furan rings is 1. The van der Waals surface area contributed by atoms with Gasteiger partial charge in [0.15, 0.2) is 16.7 Å². The quantitative estimate of drug-likeness (QED) is 0.162. The van der Waals surface area contributed by atoms with Crippen molar-refractivity contribution >= 4 is 40.7 Å². The SMILES string of the molecule is Cc1ccccc1-n1c(SCC(=O)c2ccc(-c3ccc(Cl)cc3Cl)o2)nnc1-c1ccccc1. The van der Waals surface area contributed by atoms with Crippen molar-refractivity contribution in [2.24, 2.45) is 0 Å². The number of Topliss-reactive ketones (excluding diaryl/α,β-unsaturated/α-hetero) is 1. The van der Waals surface area contributed by atoms with Gasteiger partial charge in [-0.3, -0.25) is 9.36 Å². The summed E-state index contributed by atoms with van der Waals surface area (Å²) >= 11 is 13.6. The first-order chi connectivity index (χ1) is 17.0. The first-order valence-electron chi connectivity index (χ1n) is 10.8. The lowest BCUT2D eigenvalue weighted by atomic mass is 10.1. The van der Waals surface area contributed by atoms with Gasteiger partial charge in [-0.15, -0.1) is 10.2 Å². The lowest BCUT2D eigenvalue weighted by Crippen LogP contribution is -2.05. The molecule has 0 spiro atoms. The second kappa shape index (κ2) is 10.1. The van der Waals surface area contributed by atoms with E-state index >= 15 is 0 Å². The number of thioether (sulfide) groups is 1. The normalized spacial score (nSPS) is 11.1. The van der Waals surface area contributed by atoms with Crippen LogP contribution in [0.5, 0.6) is 0 Å². The molecule has 2 aromatic heterocycles. The Bertz CT molecular complexity index is 1510. The van der Waals surface area contributed by atoms with Gasteiger partial charge < -0.3 is 4.42 Å². The van der Waals surface area contributed by atoms with Crippen molar-refractivity contribution in [3.8, 4) is 28.4 Å². The van der Waals surface area contributed by atoms with E-state index in [1.807, 2.05) is 66.1 Å². The molecule has 0 N–H and O–H groups in total. The molecule has 35 heavy (non-hydrogen) atoms. The zero-order valence-corrected chi connectivity index (χ0v) is 20.9. The number of para-hydroxylation sites is 1. The Morgan fingerprint density at radius 1 is 0.943 bits per heavy atom. The standard InChI is InChI=1S/C27H19Cl2N3O2S/c1-17-7-5-6-10-22(17)32-26(18-8-3-2-4-9-18)30-31-27(32)35-16-23(33)25-14-13-24(34-25)20-12-11-19(28)15-21(20)29/h2-15H,16H2,1H3. The molecule has 5 aromatic rings. The molecule has 0 saturated carbocycles. The molecule has 3 aromatic carbocycles. The van der Waals surface area contributed by atoms with Crippen molar-refractivity contribution in [2.45, 2.75) is 12.1 Å². The number of ketones is 1. The zero-order valence-electron chi connectivity index (χ0n) is 18.6. The molecular weight excluding hydrogens is 501 g/mol. The monoisotopic (exact) mass is 519 g/mol. The molecule has 5 rings (SSSR count). The van der Waals surface area contributed by atoms with Crippen molar-refractivity contribution < 1.29 is 9.21 Å². The van der Waals surface area contributed by atoms with E-state index in [2.05, 4.69) is 10.2 Å². The van der Waals surface area contributed by atoms with Crippen LogP contribution in [0.25, 0.3) is 28.4 Å². The molecule has 2 heterocycles. The maximum atomic E-state index is 13.0. The third kappa shape index (κ3) is 4.91. The molecule has 0 amide bonds. The van der Waals surface area contributed by atoms with E-state index in [-0.39, 0.29) is 17.3 Å². The van der Waals surface area contributed by atoms with Gasteiger partial charge in [-0.05, 0) is 48.9 Å². The van der Waals surface area contributed by atoms with E-state index in [9.17, 15) is 4.79 Å². The fourth-order valence-electron chi connectivity index (χ4n) is 3.69. The summed E-state index contributed by atoms with van der Waals surface area (Å²) in [6.07, 6.45) is 0. The number of hydrogen-bond acceptors (Lipinski definition) is 5. The van der Waals surface area contributed by atoms with Crippen LogP contribution in [-0.4, -0.2) is 26.3 Å². The summed E-state index contributed by atoms with van der Waals surface area (Å²) in [5.41, 5.74) is 3.66. The predicted molar refractivity (Wildman–Crippen MR) is 141 cm³/mol. The molecular formula is C27H19Cl2N3O2S. The van der Waals surface area contributed by atoms with Crippen LogP contribution >= 0.6 is 35.0 Å². The lowest BCUT2D eigenvalue weighted by Gasteiger charge is -2.12. The summed E-state index contributed by atoms with van der Waals surface area (Å²) in [6.45, 7) is 2.04. The molecule has 0 atom stereocenters. The number of aromatic nitrogens is 3. The van der Waals surface area contributed by atoms with Crippen LogP contribution in [0.15, 0.2) is 94.5 Å². The Labute approximate surface area is 216 Å². The highest BCUT2D eigenvalue weighted by Crippen LogP contribution is 2.33. The van der Waals surface area contributed by atoms with E-state index in [1.54, 1.807) is 30.3 Å². The van der Waals surface area contributed by atoms with E-state index in [4.69, 9.17) is 27.6 Å². The number of hydrogen-bond donors (Lipinski definition) is 0. The lowest BCUT2D eigenvalue weighted by molar-refractivity contribution is 0.0993. The van der Waals surface area contributed by atoms with Gasteiger partial charge in [-0.1, -0.05) is 83.5 Å². The number of carbonyl (C=O) groups excluding carboxylic acids is 1. The topological polar surface area (TPSA) is 60.9 Å². The zero-order chi connectivity index (χ0) is 24.4. The van der Waals surface area contributed by atoms with Gasteiger partial charge in [0.2, 0.25) is 5.78 Å². The average Bonchev–Trinajstić information content (AvgIpc) is 3.51. The van der Waals surface area contributed by atoms with Gasteiger partial charge in [0, 0.05) is 16.1 Å². The van der Waals surface area contributed by atoms with Crippen LogP contribution in [0.2, 0.25) is 10.0 Å². The fourth-order valence-corrected chi connectivity index (χ4v) is 5.01. The number of aryl methyl sites for hydroxylation is 1. The van der Waals surface area contributed by atoms with Gasteiger partial charge in [0.1, 0.15) is 5.76 Å². The summed E-state index contributed by atoms with van der Waals surface area (Å²) in [5.74, 6) is 1.46. The van der Waals surface area contributed by atoms with Crippen LogP contribution < -0.4 is 0 Å². The predicted octanol–water partition coefficient (Wildman–Crippen LogP) is 7.78. The molecule has 0 saturated heterocycles. The van der Waals surface area contributed by atoms with Crippen LogP contribution in [0, 0.1) is 6.92 Å². The van der Waals surface area contributed by atoms with Crippen LogP contribution in [-0.2, 0) is 0 Å². The number of nitrogens with zero attached hydrogens (tertiary/aromatic N) is 3. The van der Waals surface area contributed by atoms with E-state index in [1.165, 1.54) is 11.8 Å². The highest BCUT2D eigenvalue weighted by atomic mass is 35.5. The maximum absolute atomic E-state index is 13.0. The highest BCUT2D eigenvalue weighted by Gasteiger charge is 2.20. The van der Waals surface area contributed by atoms with E-state index in [0.717, 1.165) is 16.8 Å². The molecule has 0 radical (unpaired) electrons. The summed E-state index contributed by atoms with van der Waals surface area (Å²) in [7, 11) is 0. The Balaban J connectivity index is 1.41. The maximum Gasteiger partial charge on any atom is 0.208 e. The Morgan fingerprint density at radius 3 is 2.49 bits per heavy atom. The highest BCUT2D eigenvalue weighted by molar-refractivity contribution is 7.99. The van der Waals surface area contributed by atoms with Gasteiger partial charge in [-0.25, -0.2) is 0 Å². The minimum absolute atomic E-state index is 0.139. The second-order valence-corrected chi connectivity index (χ2v) is 9.58. The van der Waals surface area contributed by atoms with Crippen LogP contribution in [0.3, 0.4) is 0 Å². The minimum Gasteiger partial charge on any atom is -0.453 e. The minimum atomic E-state index is -0.160. The molecule has 5 nitrogen and oxygen atoms in total. The largest absolute Gasteiger partial charge is 0.453 e. The summed E-state index contributed by atoms with van der Waals surface area (Å²) in [6, 6.07) is 26.4. The first kappa shape index (κ1) is 23.4. The van der Waals surface area contributed by atoms with E-state index in [0.29, 0.717) is 32.3 Å². The van der Waals surface area contributed by atoms with Gasteiger partial charge in [0.05, 0.1) is 16.5 Å². The molecule has 8 heteroatoms. The van der Waals surface area contributed by atoms with Crippen LogP contribution in [0.4, 0.5) is 0 Å². The number of halogens is 2. The molecule has 0 aliphatic heterocycles. The Morgan fingerprint density at radius 2 is 1.71 bits per heavy atom. The number of benzene rings is 3. The molecule has 0 bridgehead atoms. The van der Waals surface area contributed by atoms with E-state index < -0.39 is 0 Å². The molecule has 0 aliphatic carbocycles. The molecule has 0 aliphatic rings. The fraction of sp³-hybridized carbons (Fsp3) is 0.0741. The van der Waals surface area contributed by atoms with Gasteiger partial charge in [-0.2, -0.15) is 0 Å². The molecule has 174 valence electrons. The second-order valence-electron chi connectivity index (χ2n) is 7.79. The van der Waals surface area contributed by atoms with Crippen molar-refractivity contribution in [2.75, 3.05) is 5.75 Å². The first-order valence-corrected chi connectivity index (χ1v) is 12.5. The summed E-state index contributed by atoms with van der Waals surface area (Å²) in [4.78, 5) is 13.0. The van der Waals surface area contributed by atoms with Crippen molar-refractivity contribution in [3.63, 3.8) is 0 Å². The molecule has 0 unspecified atom stereocenters. The number of carbonyl (C=O) groups is 1. The van der Waals surface area contributed by atoms with Crippen molar-refractivity contribution in [1.29, 1.82) is 0 Å². The van der Waals surface area contributed by atoms with Crippen molar-refractivity contribution in [3.05, 3.63) is 106 Å². The smallest absolute Gasteiger partial charge is 0.208 e. The van der Waals surface area contributed by atoms with Crippen LogP contribution in [0.1, 0.15) is 16.1 Å². The number of rotatable bonds is 7. The summed E-state index contributed by atoms with van der Waals surface area (Å²) in [5, 5.41) is 10.5. The molecule has 0 fully saturated rings. The third-order valence-electron chi connectivity index (χ3n) is 5.43. The Kier molecular flexibility index (Phi) is 6.77. The van der Waals surface area contributed by atoms with Crippen molar-refractivity contribution in [1.82, 2.24) is 14.8 Å². The van der Waals surface area contributed by atoms with Gasteiger partial charge in [0.25, 0.3) is 0 Å². The third-order valence-corrected chi connectivity index (χ3v) is 6.91.